The molecule has 90 valence electrons. The zero-order valence-electron chi connectivity index (χ0n) is 9.49. The third-order valence-electron chi connectivity index (χ3n) is 3.42. The van der Waals surface area contributed by atoms with Crippen LogP contribution in [0.4, 0.5) is 0 Å². The highest BCUT2D eigenvalue weighted by Crippen LogP contribution is 2.22. The average molecular weight is 289 g/mol. The standard InChI is InChI=1S/C11H17BrN2O2/c1-8(10(15)13-5-2-3-6-13)14-7-4-9(12)11(14)16/h8-9H,2-7H2,1H3. The first-order chi connectivity index (χ1) is 7.61. The lowest BCUT2D eigenvalue weighted by Crippen LogP contribution is -2.47. The second kappa shape index (κ2) is 4.73. The van der Waals surface area contributed by atoms with Crippen LogP contribution in [0.2, 0.25) is 0 Å². The van der Waals surface area contributed by atoms with E-state index in [-0.39, 0.29) is 22.7 Å². The van der Waals surface area contributed by atoms with Crippen molar-refractivity contribution in [3.05, 3.63) is 0 Å². The molecule has 5 heteroatoms. The van der Waals surface area contributed by atoms with E-state index in [9.17, 15) is 9.59 Å². The van der Waals surface area contributed by atoms with Gasteiger partial charge in [-0.3, -0.25) is 9.59 Å². The maximum absolute atomic E-state index is 12.1. The van der Waals surface area contributed by atoms with Crippen LogP contribution in [0.25, 0.3) is 0 Å². The molecule has 0 N–H and O–H groups in total. The fourth-order valence-electron chi connectivity index (χ4n) is 2.39. The molecule has 2 aliphatic heterocycles. The Morgan fingerprint density at radius 2 is 2.00 bits per heavy atom. The average Bonchev–Trinajstić information content (AvgIpc) is 2.89. The second-order valence-corrected chi connectivity index (χ2v) is 5.60. The molecule has 2 rings (SSSR count). The van der Waals surface area contributed by atoms with Gasteiger partial charge in [0, 0.05) is 19.6 Å². The molecule has 2 aliphatic rings. The Balaban J connectivity index is 1.98. The molecule has 0 radical (unpaired) electrons. The van der Waals surface area contributed by atoms with E-state index in [0.717, 1.165) is 32.4 Å². The molecule has 2 saturated heterocycles. The van der Waals surface area contributed by atoms with E-state index >= 15 is 0 Å². The van der Waals surface area contributed by atoms with Crippen molar-refractivity contribution < 1.29 is 9.59 Å². The first-order valence-electron chi connectivity index (χ1n) is 5.84. The Kier molecular flexibility index (Phi) is 3.52. The smallest absolute Gasteiger partial charge is 0.245 e. The van der Waals surface area contributed by atoms with Gasteiger partial charge in [-0.2, -0.15) is 0 Å². The minimum atomic E-state index is -0.298. The van der Waals surface area contributed by atoms with Crippen LogP contribution < -0.4 is 0 Å². The largest absolute Gasteiger partial charge is 0.341 e. The monoisotopic (exact) mass is 288 g/mol. The van der Waals surface area contributed by atoms with E-state index in [1.165, 1.54) is 0 Å². The van der Waals surface area contributed by atoms with Crippen LogP contribution >= 0.6 is 15.9 Å². The number of hydrogen-bond acceptors (Lipinski definition) is 2. The first-order valence-corrected chi connectivity index (χ1v) is 6.76. The Bertz CT molecular complexity index is 302. The predicted octanol–water partition coefficient (Wildman–Crippen LogP) is 0.993. The quantitative estimate of drug-likeness (QED) is 0.711. The lowest BCUT2D eigenvalue weighted by molar-refractivity contribution is -0.141. The molecule has 4 nitrogen and oxygen atoms in total. The molecule has 2 heterocycles. The van der Waals surface area contributed by atoms with Crippen molar-refractivity contribution in [3.8, 4) is 0 Å². The molecule has 0 aromatic rings. The van der Waals surface area contributed by atoms with Crippen LogP contribution in [0, 0.1) is 0 Å². The summed E-state index contributed by atoms with van der Waals surface area (Å²) in [5.41, 5.74) is 0. The molecule has 16 heavy (non-hydrogen) atoms. The fourth-order valence-corrected chi connectivity index (χ4v) is 2.85. The number of nitrogens with zero attached hydrogens (tertiary/aromatic N) is 2. The van der Waals surface area contributed by atoms with Gasteiger partial charge in [0.1, 0.15) is 6.04 Å². The van der Waals surface area contributed by atoms with E-state index in [0.29, 0.717) is 6.54 Å². The Morgan fingerprint density at radius 3 is 2.50 bits per heavy atom. The van der Waals surface area contributed by atoms with E-state index in [1.54, 1.807) is 4.90 Å². The van der Waals surface area contributed by atoms with Crippen molar-refractivity contribution in [1.29, 1.82) is 0 Å². The normalized spacial score (nSPS) is 27.6. The first kappa shape index (κ1) is 11.9. The molecule has 2 amide bonds. The summed E-state index contributed by atoms with van der Waals surface area (Å²) in [5, 5.41) is 0. The molecular weight excluding hydrogens is 272 g/mol. The lowest BCUT2D eigenvalue weighted by Gasteiger charge is -2.27. The van der Waals surface area contributed by atoms with E-state index in [2.05, 4.69) is 15.9 Å². The SMILES string of the molecule is CC(C(=O)N1CCCC1)N1CCC(Br)C1=O. The van der Waals surface area contributed by atoms with Crippen molar-refractivity contribution in [2.24, 2.45) is 0 Å². The predicted molar refractivity (Wildman–Crippen MR) is 64.3 cm³/mol. The number of carbonyl (C=O) groups excluding carboxylic acids is 2. The van der Waals surface area contributed by atoms with Gasteiger partial charge in [-0.25, -0.2) is 0 Å². The molecule has 0 saturated carbocycles. The molecule has 0 aliphatic carbocycles. The molecule has 2 unspecified atom stereocenters. The number of carbonyl (C=O) groups is 2. The van der Waals surface area contributed by atoms with Crippen molar-refractivity contribution >= 4 is 27.7 Å². The van der Waals surface area contributed by atoms with Gasteiger partial charge in [0.2, 0.25) is 11.8 Å². The summed E-state index contributed by atoms with van der Waals surface area (Å²) >= 11 is 3.33. The summed E-state index contributed by atoms with van der Waals surface area (Å²) in [4.78, 5) is 27.3. The molecule has 0 aromatic heterocycles. The van der Waals surface area contributed by atoms with Crippen molar-refractivity contribution in [3.63, 3.8) is 0 Å². The highest BCUT2D eigenvalue weighted by Gasteiger charge is 2.37. The van der Waals surface area contributed by atoms with Crippen LogP contribution in [0.5, 0.6) is 0 Å². The van der Waals surface area contributed by atoms with E-state index in [1.807, 2.05) is 11.8 Å². The zero-order valence-corrected chi connectivity index (χ0v) is 11.1. The summed E-state index contributed by atoms with van der Waals surface area (Å²) in [6.07, 6.45) is 2.98. The minimum absolute atomic E-state index is 0.0556. The Morgan fingerprint density at radius 1 is 1.38 bits per heavy atom. The third kappa shape index (κ3) is 2.10. The highest BCUT2D eigenvalue weighted by atomic mass is 79.9. The zero-order chi connectivity index (χ0) is 11.7. The third-order valence-corrected chi connectivity index (χ3v) is 4.27. The van der Waals surface area contributed by atoms with Crippen LogP contribution in [0.3, 0.4) is 0 Å². The summed E-state index contributed by atoms with van der Waals surface area (Å²) < 4.78 is 0. The molecule has 0 bridgehead atoms. The minimum Gasteiger partial charge on any atom is -0.341 e. The second-order valence-electron chi connectivity index (χ2n) is 4.50. The Labute approximate surface area is 104 Å². The molecule has 0 spiro atoms. The summed E-state index contributed by atoms with van der Waals surface area (Å²) in [5.74, 6) is 0.160. The number of alkyl halides is 1. The molecule has 0 aromatic carbocycles. The maximum atomic E-state index is 12.1. The van der Waals surface area contributed by atoms with Crippen molar-refractivity contribution in [2.45, 2.75) is 37.1 Å². The van der Waals surface area contributed by atoms with Gasteiger partial charge in [0.25, 0.3) is 0 Å². The Hall–Kier alpha value is -0.580. The van der Waals surface area contributed by atoms with Crippen LogP contribution in [-0.4, -0.2) is 52.1 Å². The molecule has 2 atom stereocenters. The number of hydrogen-bond donors (Lipinski definition) is 0. The number of rotatable bonds is 2. The lowest BCUT2D eigenvalue weighted by atomic mass is 10.2. The van der Waals surface area contributed by atoms with Gasteiger partial charge >= 0.3 is 0 Å². The highest BCUT2D eigenvalue weighted by molar-refractivity contribution is 9.10. The van der Waals surface area contributed by atoms with Gasteiger partial charge in [-0.1, -0.05) is 15.9 Å². The molecular formula is C11H17BrN2O2. The van der Waals surface area contributed by atoms with Crippen molar-refractivity contribution in [1.82, 2.24) is 9.80 Å². The maximum Gasteiger partial charge on any atom is 0.245 e. The van der Waals surface area contributed by atoms with Gasteiger partial charge in [0.05, 0.1) is 4.83 Å². The summed E-state index contributed by atoms with van der Waals surface area (Å²) in [6.45, 7) is 4.23. The topological polar surface area (TPSA) is 40.6 Å². The van der Waals surface area contributed by atoms with Gasteiger partial charge < -0.3 is 9.80 Å². The van der Waals surface area contributed by atoms with Crippen molar-refractivity contribution in [2.75, 3.05) is 19.6 Å². The molecule has 2 fully saturated rings. The number of halogens is 1. The van der Waals surface area contributed by atoms with Crippen LogP contribution in [-0.2, 0) is 9.59 Å². The van der Waals surface area contributed by atoms with E-state index in [4.69, 9.17) is 0 Å². The van der Waals surface area contributed by atoms with Gasteiger partial charge in [0.15, 0.2) is 0 Å². The van der Waals surface area contributed by atoms with Gasteiger partial charge in [-0.15, -0.1) is 0 Å². The van der Waals surface area contributed by atoms with Crippen LogP contribution in [0.15, 0.2) is 0 Å². The van der Waals surface area contributed by atoms with Gasteiger partial charge in [-0.05, 0) is 26.2 Å². The van der Waals surface area contributed by atoms with E-state index < -0.39 is 0 Å². The number of likely N-dealkylation sites (tertiary alicyclic amines) is 2. The number of amides is 2. The summed E-state index contributed by atoms with van der Waals surface area (Å²) in [6, 6.07) is -0.298. The van der Waals surface area contributed by atoms with Crippen LogP contribution in [0.1, 0.15) is 26.2 Å². The fraction of sp³-hybridized carbons (Fsp3) is 0.818. The summed E-state index contributed by atoms with van der Waals surface area (Å²) in [7, 11) is 0.